The van der Waals surface area contributed by atoms with Gasteiger partial charge in [-0.05, 0) is 19.9 Å². The molecular weight excluding hydrogens is 302 g/mol. The van der Waals surface area contributed by atoms with Crippen LogP contribution in [-0.4, -0.2) is 35.7 Å². The standard InChI is InChI=1S/C15H19N3O3S/c1-12(2)18-11-14(9-16-18)22(19,20)17-7-8-21-15-6-4-3-5-13(15)10-17/h3-6,9,11-12H,7-8,10H2,1-2H3. The highest BCUT2D eigenvalue weighted by Crippen LogP contribution is 2.26. The van der Waals surface area contributed by atoms with Crippen LogP contribution in [0.5, 0.6) is 5.75 Å². The van der Waals surface area contributed by atoms with E-state index in [1.165, 1.54) is 10.5 Å². The predicted octanol–water partition coefficient (Wildman–Crippen LogP) is 2.05. The Morgan fingerprint density at radius 1 is 1.27 bits per heavy atom. The van der Waals surface area contributed by atoms with Crippen LogP contribution in [-0.2, 0) is 16.6 Å². The van der Waals surface area contributed by atoms with E-state index in [0.29, 0.717) is 19.7 Å². The second-order valence-corrected chi connectivity index (χ2v) is 7.48. The Kier molecular flexibility index (Phi) is 3.92. The van der Waals surface area contributed by atoms with Gasteiger partial charge in [0.1, 0.15) is 17.3 Å². The summed E-state index contributed by atoms with van der Waals surface area (Å²) >= 11 is 0. The zero-order chi connectivity index (χ0) is 15.7. The molecule has 0 atom stereocenters. The fourth-order valence-corrected chi connectivity index (χ4v) is 3.74. The van der Waals surface area contributed by atoms with Gasteiger partial charge in [0.2, 0.25) is 10.0 Å². The second kappa shape index (κ2) is 5.73. The van der Waals surface area contributed by atoms with E-state index >= 15 is 0 Å². The Labute approximate surface area is 130 Å². The molecule has 0 spiro atoms. The first kappa shape index (κ1) is 15.1. The minimum atomic E-state index is -3.57. The van der Waals surface area contributed by atoms with E-state index in [-0.39, 0.29) is 10.9 Å². The van der Waals surface area contributed by atoms with E-state index in [1.807, 2.05) is 38.1 Å². The molecule has 2 heterocycles. The number of hydrogen-bond acceptors (Lipinski definition) is 4. The van der Waals surface area contributed by atoms with Gasteiger partial charge in [0.15, 0.2) is 0 Å². The molecule has 3 rings (SSSR count). The molecule has 22 heavy (non-hydrogen) atoms. The molecule has 0 amide bonds. The molecule has 1 aliphatic heterocycles. The number of hydrogen-bond donors (Lipinski definition) is 0. The molecule has 7 heteroatoms. The predicted molar refractivity (Wildman–Crippen MR) is 82.1 cm³/mol. The molecule has 0 fully saturated rings. The topological polar surface area (TPSA) is 64.4 Å². The number of fused-ring (bicyclic) bond motifs is 1. The van der Waals surface area contributed by atoms with Gasteiger partial charge < -0.3 is 4.74 Å². The third-order valence-electron chi connectivity index (χ3n) is 3.66. The molecule has 0 radical (unpaired) electrons. The van der Waals surface area contributed by atoms with Gasteiger partial charge in [-0.15, -0.1) is 0 Å². The van der Waals surface area contributed by atoms with E-state index in [1.54, 1.807) is 10.9 Å². The van der Waals surface area contributed by atoms with Gasteiger partial charge in [0.25, 0.3) is 0 Å². The van der Waals surface area contributed by atoms with Crippen molar-refractivity contribution in [1.29, 1.82) is 0 Å². The molecule has 0 N–H and O–H groups in total. The van der Waals surface area contributed by atoms with Gasteiger partial charge >= 0.3 is 0 Å². The van der Waals surface area contributed by atoms with Crippen LogP contribution >= 0.6 is 0 Å². The van der Waals surface area contributed by atoms with Crippen LogP contribution in [0.25, 0.3) is 0 Å². The lowest BCUT2D eigenvalue weighted by atomic mass is 10.2. The summed E-state index contributed by atoms with van der Waals surface area (Å²) in [6.45, 7) is 4.89. The highest BCUT2D eigenvalue weighted by Gasteiger charge is 2.28. The minimum Gasteiger partial charge on any atom is -0.492 e. The maximum Gasteiger partial charge on any atom is 0.246 e. The lowest BCUT2D eigenvalue weighted by Crippen LogP contribution is -2.32. The third-order valence-corrected chi connectivity index (χ3v) is 5.46. The summed E-state index contributed by atoms with van der Waals surface area (Å²) in [4.78, 5) is 0.223. The van der Waals surface area contributed by atoms with Gasteiger partial charge in [-0.25, -0.2) is 8.42 Å². The van der Waals surface area contributed by atoms with Crippen LogP contribution < -0.4 is 4.74 Å². The Morgan fingerprint density at radius 3 is 2.77 bits per heavy atom. The molecule has 0 unspecified atom stereocenters. The Balaban J connectivity index is 1.92. The molecule has 2 aromatic rings. The van der Waals surface area contributed by atoms with Crippen molar-refractivity contribution < 1.29 is 13.2 Å². The maximum absolute atomic E-state index is 12.8. The molecular formula is C15H19N3O3S. The lowest BCUT2D eigenvalue weighted by Gasteiger charge is -2.18. The fraction of sp³-hybridized carbons (Fsp3) is 0.400. The number of benzene rings is 1. The van der Waals surface area contributed by atoms with Crippen LogP contribution in [0.15, 0.2) is 41.6 Å². The van der Waals surface area contributed by atoms with Crippen LogP contribution in [0.2, 0.25) is 0 Å². The molecule has 118 valence electrons. The van der Waals surface area contributed by atoms with Crippen molar-refractivity contribution in [2.24, 2.45) is 0 Å². The van der Waals surface area contributed by atoms with Gasteiger partial charge in [-0.3, -0.25) is 4.68 Å². The number of sulfonamides is 1. The molecule has 1 aliphatic rings. The second-order valence-electron chi connectivity index (χ2n) is 5.54. The first-order valence-corrected chi connectivity index (χ1v) is 8.67. The van der Waals surface area contributed by atoms with Crippen molar-refractivity contribution in [2.75, 3.05) is 13.2 Å². The number of rotatable bonds is 3. The summed E-state index contributed by atoms with van der Waals surface area (Å²) in [6.07, 6.45) is 2.99. The Bertz CT molecular complexity index is 768. The average molecular weight is 321 g/mol. The van der Waals surface area contributed by atoms with E-state index in [4.69, 9.17) is 4.74 Å². The first-order valence-electron chi connectivity index (χ1n) is 7.23. The van der Waals surface area contributed by atoms with E-state index in [9.17, 15) is 8.42 Å². The van der Waals surface area contributed by atoms with Gasteiger partial charge in [0, 0.05) is 30.9 Å². The molecule has 6 nitrogen and oxygen atoms in total. The Morgan fingerprint density at radius 2 is 2.05 bits per heavy atom. The smallest absolute Gasteiger partial charge is 0.246 e. The average Bonchev–Trinajstić information content (AvgIpc) is 2.89. The van der Waals surface area contributed by atoms with Gasteiger partial charge in [0.05, 0.1) is 6.20 Å². The first-order chi connectivity index (χ1) is 10.5. The van der Waals surface area contributed by atoms with Crippen molar-refractivity contribution in [3.8, 4) is 5.75 Å². The monoisotopic (exact) mass is 321 g/mol. The highest BCUT2D eigenvalue weighted by molar-refractivity contribution is 7.89. The van der Waals surface area contributed by atoms with Crippen LogP contribution in [0.4, 0.5) is 0 Å². The van der Waals surface area contributed by atoms with Crippen LogP contribution in [0, 0.1) is 0 Å². The number of aromatic nitrogens is 2. The molecule has 1 aromatic carbocycles. The van der Waals surface area contributed by atoms with Gasteiger partial charge in [-0.1, -0.05) is 18.2 Å². The summed E-state index contributed by atoms with van der Waals surface area (Å²) in [5, 5.41) is 4.12. The van der Waals surface area contributed by atoms with Crippen molar-refractivity contribution in [1.82, 2.24) is 14.1 Å². The highest BCUT2D eigenvalue weighted by atomic mass is 32.2. The quantitative estimate of drug-likeness (QED) is 0.868. The van der Waals surface area contributed by atoms with E-state index in [2.05, 4.69) is 5.10 Å². The molecule has 0 saturated carbocycles. The fourth-order valence-electron chi connectivity index (χ4n) is 2.39. The summed E-state index contributed by atoms with van der Waals surface area (Å²) < 4.78 is 34.3. The molecule has 0 aliphatic carbocycles. The lowest BCUT2D eigenvalue weighted by molar-refractivity contribution is 0.293. The van der Waals surface area contributed by atoms with Crippen molar-refractivity contribution in [3.63, 3.8) is 0 Å². The summed E-state index contributed by atoms with van der Waals surface area (Å²) in [7, 11) is -3.57. The van der Waals surface area contributed by atoms with E-state index in [0.717, 1.165) is 11.3 Å². The van der Waals surface area contributed by atoms with Gasteiger partial charge in [-0.2, -0.15) is 9.40 Å². The molecule has 0 saturated heterocycles. The van der Waals surface area contributed by atoms with Crippen molar-refractivity contribution >= 4 is 10.0 Å². The zero-order valence-electron chi connectivity index (χ0n) is 12.6. The minimum absolute atomic E-state index is 0.122. The normalized spacial score (nSPS) is 16.1. The third kappa shape index (κ3) is 2.74. The van der Waals surface area contributed by atoms with E-state index < -0.39 is 10.0 Å². The molecule has 0 bridgehead atoms. The molecule has 1 aromatic heterocycles. The Hall–Kier alpha value is -1.86. The number of ether oxygens (including phenoxy) is 1. The zero-order valence-corrected chi connectivity index (χ0v) is 13.5. The largest absolute Gasteiger partial charge is 0.492 e. The maximum atomic E-state index is 12.8. The van der Waals surface area contributed by atoms with Crippen molar-refractivity contribution in [2.45, 2.75) is 31.3 Å². The number of nitrogens with zero attached hydrogens (tertiary/aromatic N) is 3. The summed E-state index contributed by atoms with van der Waals surface area (Å²) in [5.74, 6) is 0.748. The number of para-hydroxylation sites is 1. The van der Waals surface area contributed by atoms with Crippen LogP contribution in [0.1, 0.15) is 25.5 Å². The summed E-state index contributed by atoms with van der Waals surface area (Å²) in [6, 6.07) is 7.64. The van der Waals surface area contributed by atoms with Crippen molar-refractivity contribution in [3.05, 3.63) is 42.2 Å². The van der Waals surface area contributed by atoms with Crippen LogP contribution in [0.3, 0.4) is 0 Å². The SMILES string of the molecule is CC(C)n1cc(S(=O)(=O)N2CCOc3ccccc3C2)cn1. The summed E-state index contributed by atoms with van der Waals surface area (Å²) in [5.41, 5.74) is 0.875.